The van der Waals surface area contributed by atoms with Gasteiger partial charge in [0.1, 0.15) is 0 Å². The summed E-state index contributed by atoms with van der Waals surface area (Å²) in [4.78, 5) is 8.48. The van der Waals surface area contributed by atoms with E-state index in [4.69, 9.17) is 9.47 Å². The van der Waals surface area contributed by atoms with Gasteiger partial charge in [0.25, 0.3) is 0 Å². The highest BCUT2D eigenvalue weighted by Gasteiger charge is 2.05. The van der Waals surface area contributed by atoms with Gasteiger partial charge >= 0.3 is 0 Å². The molecule has 8 nitrogen and oxygen atoms in total. The number of rotatable bonds is 8. The van der Waals surface area contributed by atoms with Gasteiger partial charge in [0, 0.05) is 25.5 Å². The van der Waals surface area contributed by atoms with Crippen LogP contribution in [0.25, 0.3) is 0 Å². The van der Waals surface area contributed by atoms with Gasteiger partial charge in [-0.2, -0.15) is 10.1 Å². The van der Waals surface area contributed by atoms with E-state index in [-0.39, 0.29) is 0 Å². The zero-order chi connectivity index (χ0) is 18.2. The second kappa shape index (κ2) is 8.61. The van der Waals surface area contributed by atoms with Crippen molar-refractivity contribution in [1.29, 1.82) is 0 Å². The first-order chi connectivity index (χ1) is 12.8. The first-order valence-corrected chi connectivity index (χ1v) is 8.06. The number of nitrogens with one attached hydrogen (secondary N) is 2. The van der Waals surface area contributed by atoms with Crippen molar-refractivity contribution in [3.8, 4) is 11.5 Å². The molecule has 0 atom stereocenters. The van der Waals surface area contributed by atoms with E-state index in [1.54, 1.807) is 32.8 Å². The third-order valence-corrected chi connectivity index (χ3v) is 3.65. The van der Waals surface area contributed by atoms with Crippen LogP contribution in [0.4, 0.5) is 11.8 Å². The third kappa shape index (κ3) is 4.56. The highest BCUT2D eigenvalue weighted by atomic mass is 16.5. The van der Waals surface area contributed by atoms with Crippen LogP contribution in [0.1, 0.15) is 11.1 Å². The molecule has 0 bridgehead atoms. The number of pyridine rings is 1. The van der Waals surface area contributed by atoms with Gasteiger partial charge in [0.15, 0.2) is 17.3 Å². The Morgan fingerprint density at radius 2 is 1.77 bits per heavy atom. The second-order valence-electron chi connectivity index (χ2n) is 5.42. The summed E-state index contributed by atoms with van der Waals surface area (Å²) in [5.41, 5.74) is 2.07. The lowest BCUT2D eigenvalue weighted by Crippen LogP contribution is -2.08. The molecule has 8 heteroatoms. The molecule has 0 radical (unpaired) electrons. The van der Waals surface area contributed by atoms with Crippen molar-refractivity contribution < 1.29 is 9.47 Å². The lowest BCUT2D eigenvalue weighted by molar-refractivity contribution is 0.354. The van der Waals surface area contributed by atoms with E-state index in [2.05, 4.69) is 30.8 Å². The predicted molar refractivity (Wildman–Crippen MR) is 98.3 cm³/mol. The Bertz CT molecular complexity index is 844. The van der Waals surface area contributed by atoms with E-state index in [1.165, 1.54) is 0 Å². The minimum atomic E-state index is 0.450. The molecule has 0 amide bonds. The molecule has 0 saturated heterocycles. The summed E-state index contributed by atoms with van der Waals surface area (Å²) in [7, 11) is 3.23. The maximum Gasteiger partial charge on any atom is 0.244 e. The van der Waals surface area contributed by atoms with Crippen LogP contribution in [0.15, 0.2) is 48.9 Å². The average Bonchev–Trinajstić information content (AvgIpc) is 2.71. The number of benzene rings is 1. The minimum absolute atomic E-state index is 0.450. The van der Waals surface area contributed by atoms with Crippen LogP contribution >= 0.6 is 0 Å². The number of ether oxygens (including phenoxy) is 2. The molecule has 0 saturated carbocycles. The molecule has 2 N–H and O–H groups in total. The van der Waals surface area contributed by atoms with Crippen LogP contribution in [-0.4, -0.2) is 34.4 Å². The lowest BCUT2D eigenvalue weighted by atomic mass is 10.2. The molecule has 0 unspecified atom stereocenters. The van der Waals surface area contributed by atoms with Gasteiger partial charge in [-0.1, -0.05) is 12.1 Å². The van der Waals surface area contributed by atoms with Crippen molar-refractivity contribution in [1.82, 2.24) is 20.2 Å². The van der Waals surface area contributed by atoms with Crippen molar-refractivity contribution in [2.45, 2.75) is 13.1 Å². The normalized spacial score (nSPS) is 10.2. The molecule has 0 fully saturated rings. The maximum atomic E-state index is 5.32. The monoisotopic (exact) mass is 352 g/mol. The van der Waals surface area contributed by atoms with Crippen LogP contribution in [0.2, 0.25) is 0 Å². The lowest BCUT2D eigenvalue weighted by Gasteiger charge is -2.11. The summed E-state index contributed by atoms with van der Waals surface area (Å²) in [6.45, 7) is 1.15. The molecular weight excluding hydrogens is 332 g/mol. The SMILES string of the molecule is COc1ccc(CNc2cnnc(NCc3cccnc3)n2)cc1OC. The van der Waals surface area contributed by atoms with E-state index in [1.807, 2.05) is 30.3 Å². The number of nitrogens with zero attached hydrogens (tertiary/aromatic N) is 4. The Morgan fingerprint density at radius 3 is 2.54 bits per heavy atom. The van der Waals surface area contributed by atoms with E-state index in [9.17, 15) is 0 Å². The molecule has 1 aromatic carbocycles. The number of anilines is 2. The van der Waals surface area contributed by atoms with Crippen molar-refractivity contribution in [3.05, 3.63) is 60.0 Å². The van der Waals surface area contributed by atoms with Gasteiger partial charge in [-0.15, -0.1) is 5.10 Å². The summed E-state index contributed by atoms with van der Waals surface area (Å²) in [6.07, 6.45) is 5.11. The number of hydrogen-bond acceptors (Lipinski definition) is 8. The average molecular weight is 352 g/mol. The molecule has 3 rings (SSSR count). The van der Waals surface area contributed by atoms with Gasteiger partial charge in [-0.05, 0) is 29.3 Å². The number of methoxy groups -OCH3 is 2. The van der Waals surface area contributed by atoms with Crippen LogP contribution in [0.3, 0.4) is 0 Å². The fraction of sp³-hybridized carbons (Fsp3) is 0.222. The fourth-order valence-corrected chi connectivity index (χ4v) is 2.33. The molecule has 2 aromatic heterocycles. The van der Waals surface area contributed by atoms with E-state index in [0.717, 1.165) is 11.1 Å². The van der Waals surface area contributed by atoms with Gasteiger partial charge in [0.2, 0.25) is 5.95 Å². The van der Waals surface area contributed by atoms with Crippen LogP contribution in [0.5, 0.6) is 11.5 Å². The smallest absolute Gasteiger partial charge is 0.244 e. The molecule has 0 aliphatic carbocycles. The van der Waals surface area contributed by atoms with Gasteiger partial charge in [-0.3, -0.25) is 4.98 Å². The molecule has 3 aromatic rings. The summed E-state index contributed by atoms with van der Waals surface area (Å²) < 4.78 is 10.6. The Hall–Kier alpha value is -3.42. The number of aromatic nitrogens is 4. The first kappa shape index (κ1) is 17.4. The molecule has 26 heavy (non-hydrogen) atoms. The van der Waals surface area contributed by atoms with Gasteiger partial charge in [0.05, 0.1) is 20.4 Å². The van der Waals surface area contributed by atoms with Crippen LogP contribution < -0.4 is 20.1 Å². The standard InChI is InChI=1S/C18H20N6O2/c1-25-15-6-5-13(8-16(15)26-2)10-20-17-12-22-24-18(23-17)21-11-14-4-3-7-19-9-14/h3-9,12H,10-11H2,1-2H3,(H2,20,21,23,24). The van der Waals surface area contributed by atoms with Crippen LogP contribution in [-0.2, 0) is 13.1 Å². The quantitative estimate of drug-likeness (QED) is 0.639. The fourth-order valence-electron chi connectivity index (χ4n) is 2.33. The largest absolute Gasteiger partial charge is 0.493 e. The van der Waals surface area contributed by atoms with Gasteiger partial charge in [-0.25, -0.2) is 0 Å². The number of hydrogen-bond donors (Lipinski definition) is 2. The zero-order valence-electron chi connectivity index (χ0n) is 14.6. The topological polar surface area (TPSA) is 94.1 Å². The molecule has 0 aliphatic rings. The van der Waals surface area contributed by atoms with Crippen molar-refractivity contribution >= 4 is 11.8 Å². The van der Waals surface area contributed by atoms with E-state index >= 15 is 0 Å². The Balaban J connectivity index is 1.60. The van der Waals surface area contributed by atoms with Crippen molar-refractivity contribution in [3.63, 3.8) is 0 Å². The second-order valence-corrected chi connectivity index (χ2v) is 5.42. The summed E-state index contributed by atoms with van der Waals surface area (Å²) in [5.74, 6) is 2.46. The molecule has 0 aliphatic heterocycles. The highest BCUT2D eigenvalue weighted by Crippen LogP contribution is 2.27. The summed E-state index contributed by atoms with van der Waals surface area (Å²) >= 11 is 0. The Labute approximate surface area is 151 Å². The summed E-state index contributed by atoms with van der Waals surface area (Å²) in [5, 5.41) is 14.3. The zero-order valence-corrected chi connectivity index (χ0v) is 14.6. The minimum Gasteiger partial charge on any atom is -0.493 e. The summed E-state index contributed by atoms with van der Waals surface area (Å²) in [6, 6.07) is 9.62. The van der Waals surface area contributed by atoms with Crippen molar-refractivity contribution in [2.24, 2.45) is 0 Å². The predicted octanol–water partition coefficient (Wildman–Crippen LogP) is 2.51. The van der Waals surface area contributed by atoms with Crippen LogP contribution in [0, 0.1) is 0 Å². The first-order valence-electron chi connectivity index (χ1n) is 8.06. The maximum absolute atomic E-state index is 5.32. The van der Waals surface area contributed by atoms with E-state index < -0.39 is 0 Å². The Morgan fingerprint density at radius 1 is 0.923 bits per heavy atom. The molecular formula is C18H20N6O2. The molecule has 2 heterocycles. The van der Waals surface area contributed by atoms with Gasteiger partial charge < -0.3 is 20.1 Å². The van der Waals surface area contributed by atoms with Crippen molar-refractivity contribution in [2.75, 3.05) is 24.9 Å². The van der Waals surface area contributed by atoms with E-state index in [0.29, 0.717) is 36.4 Å². The molecule has 134 valence electrons. The third-order valence-electron chi connectivity index (χ3n) is 3.65. The Kier molecular flexibility index (Phi) is 5.76. The highest BCUT2D eigenvalue weighted by molar-refractivity contribution is 5.44. The molecule has 0 spiro atoms.